The van der Waals surface area contributed by atoms with Gasteiger partial charge < -0.3 is 9.67 Å². The molecule has 2 aliphatic rings. The number of hydrogen-bond donors (Lipinski definition) is 1. The summed E-state index contributed by atoms with van der Waals surface area (Å²) < 4.78 is 4.71. The SMILES string of the molecule is CCCCn1/c(=C(/C)C2=C(O)/C(=C(\C)C3=[N+](CCCC)c4cccc5cccc3c45)C2=O)c2cccc3cccc1c32. The van der Waals surface area contributed by atoms with Crippen molar-refractivity contribution in [3.8, 4) is 0 Å². The van der Waals surface area contributed by atoms with E-state index in [4.69, 9.17) is 0 Å². The van der Waals surface area contributed by atoms with Crippen molar-refractivity contribution < 1.29 is 14.5 Å². The fourth-order valence-corrected chi connectivity index (χ4v) is 7.26. The molecule has 1 aliphatic carbocycles. The average Bonchev–Trinajstić information content (AvgIpc) is 3.50. The third-order valence-electron chi connectivity index (χ3n) is 9.26. The number of nitrogens with zero attached hydrogens (tertiary/aromatic N) is 2. The van der Waals surface area contributed by atoms with Gasteiger partial charge in [0.2, 0.25) is 17.2 Å². The maximum absolute atomic E-state index is 14.1. The molecule has 2 heterocycles. The highest BCUT2D eigenvalue weighted by Gasteiger charge is 2.42. The third kappa shape index (κ3) is 3.67. The molecule has 0 amide bonds. The van der Waals surface area contributed by atoms with Gasteiger partial charge in [-0.25, -0.2) is 0 Å². The summed E-state index contributed by atoms with van der Waals surface area (Å²) in [5, 5.41) is 18.7. The van der Waals surface area contributed by atoms with Gasteiger partial charge in [0.15, 0.2) is 0 Å². The molecular weight excluding hydrogens is 516 g/mol. The van der Waals surface area contributed by atoms with Crippen molar-refractivity contribution in [2.24, 2.45) is 0 Å². The molecule has 0 spiro atoms. The Hall–Kier alpha value is -4.44. The van der Waals surface area contributed by atoms with Crippen LogP contribution in [0.25, 0.3) is 38.0 Å². The summed E-state index contributed by atoms with van der Waals surface area (Å²) in [6.45, 7) is 10.1. The van der Waals surface area contributed by atoms with Gasteiger partial charge >= 0.3 is 0 Å². The number of carbonyl (C=O) groups excluding carboxylic acids is 1. The molecule has 0 unspecified atom stereocenters. The monoisotopic (exact) mass is 553 g/mol. The summed E-state index contributed by atoms with van der Waals surface area (Å²) in [6.07, 6.45) is 4.25. The minimum Gasteiger partial charge on any atom is -0.506 e. The highest BCUT2D eigenvalue weighted by molar-refractivity contribution is 6.32. The van der Waals surface area contributed by atoms with Crippen LogP contribution >= 0.6 is 0 Å². The van der Waals surface area contributed by atoms with Crippen LogP contribution < -0.4 is 5.35 Å². The summed E-state index contributed by atoms with van der Waals surface area (Å²) in [5.74, 6) is 0.0480. The van der Waals surface area contributed by atoms with Crippen LogP contribution in [-0.4, -0.2) is 32.3 Å². The van der Waals surface area contributed by atoms with Crippen molar-refractivity contribution in [3.05, 3.63) is 106 Å². The number of carbonyl (C=O) groups is 1. The van der Waals surface area contributed by atoms with Crippen molar-refractivity contribution >= 4 is 55.2 Å². The molecule has 5 aromatic rings. The normalized spacial score (nSPS) is 16.8. The molecule has 42 heavy (non-hydrogen) atoms. The van der Waals surface area contributed by atoms with E-state index in [1.807, 2.05) is 13.8 Å². The first-order chi connectivity index (χ1) is 20.5. The van der Waals surface area contributed by atoms with Crippen LogP contribution in [0.3, 0.4) is 0 Å². The lowest BCUT2D eigenvalue weighted by atomic mass is 9.79. The Kier molecular flexibility index (Phi) is 6.38. The van der Waals surface area contributed by atoms with Gasteiger partial charge in [0, 0.05) is 40.9 Å². The lowest BCUT2D eigenvalue weighted by Crippen LogP contribution is -2.31. The Balaban J connectivity index is 1.45. The summed E-state index contributed by atoms with van der Waals surface area (Å²) in [5.41, 5.74) is 7.12. The number of unbranched alkanes of at least 4 members (excludes halogenated alkanes) is 2. The number of aryl methyl sites for hydroxylation is 1. The first-order valence-electron chi connectivity index (χ1n) is 15.3. The van der Waals surface area contributed by atoms with Crippen molar-refractivity contribution in [3.63, 3.8) is 0 Å². The second kappa shape index (κ2) is 10.1. The molecular formula is C38H37N2O2+. The number of allylic oxidation sites excluding steroid dienone is 3. The number of Topliss-reactive ketones (excluding diaryl/α,β-unsaturated/α-hetero) is 1. The van der Waals surface area contributed by atoms with E-state index in [1.165, 1.54) is 32.7 Å². The van der Waals surface area contributed by atoms with Crippen LogP contribution in [0.5, 0.6) is 0 Å². The van der Waals surface area contributed by atoms with Crippen molar-refractivity contribution in [1.29, 1.82) is 0 Å². The van der Waals surface area contributed by atoms with Crippen LogP contribution in [0.4, 0.5) is 5.69 Å². The topological polar surface area (TPSA) is 45.2 Å². The number of rotatable bonds is 8. The highest BCUT2D eigenvalue weighted by atomic mass is 16.3. The van der Waals surface area contributed by atoms with E-state index in [-0.39, 0.29) is 11.5 Å². The van der Waals surface area contributed by atoms with Gasteiger partial charge in [-0.05, 0) is 48.7 Å². The first kappa shape index (κ1) is 26.5. The number of benzene rings is 4. The second-order valence-corrected chi connectivity index (χ2v) is 11.7. The van der Waals surface area contributed by atoms with E-state index in [0.29, 0.717) is 11.1 Å². The maximum Gasteiger partial charge on any atom is 0.217 e. The molecule has 1 aromatic heterocycles. The van der Waals surface area contributed by atoms with Gasteiger partial charge in [-0.15, -0.1) is 0 Å². The van der Waals surface area contributed by atoms with Crippen molar-refractivity contribution in [1.82, 2.24) is 4.57 Å². The Bertz CT molecular complexity index is 2090. The summed E-state index contributed by atoms with van der Waals surface area (Å²) in [4.78, 5) is 14.1. The third-order valence-corrected chi connectivity index (χ3v) is 9.26. The zero-order valence-electron chi connectivity index (χ0n) is 24.9. The lowest BCUT2D eigenvalue weighted by Gasteiger charge is -2.24. The van der Waals surface area contributed by atoms with Gasteiger partial charge in [-0.1, -0.05) is 81.3 Å². The lowest BCUT2D eigenvalue weighted by molar-refractivity contribution is -0.436. The molecule has 0 saturated carbocycles. The second-order valence-electron chi connectivity index (χ2n) is 11.7. The predicted molar refractivity (Wildman–Crippen MR) is 174 cm³/mol. The van der Waals surface area contributed by atoms with Crippen LogP contribution in [0.1, 0.15) is 58.9 Å². The van der Waals surface area contributed by atoms with Crippen LogP contribution in [0.15, 0.2) is 95.3 Å². The molecule has 1 N–H and O–H groups in total. The van der Waals surface area contributed by atoms with Gasteiger partial charge in [-0.2, -0.15) is 4.58 Å². The molecule has 0 bridgehead atoms. The number of hydrogen-bond acceptors (Lipinski definition) is 2. The minimum atomic E-state index is -0.0698. The average molecular weight is 554 g/mol. The number of ketones is 1. The zero-order valence-corrected chi connectivity index (χ0v) is 24.9. The molecule has 4 nitrogen and oxygen atoms in total. The fourth-order valence-electron chi connectivity index (χ4n) is 7.26. The maximum atomic E-state index is 14.1. The quantitative estimate of drug-likeness (QED) is 0.155. The van der Waals surface area contributed by atoms with E-state index < -0.39 is 0 Å². The van der Waals surface area contributed by atoms with E-state index in [9.17, 15) is 9.90 Å². The molecule has 7 rings (SSSR count). The Labute approximate surface area is 246 Å². The summed E-state index contributed by atoms with van der Waals surface area (Å²) in [7, 11) is 0. The van der Waals surface area contributed by atoms with E-state index in [1.54, 1.807) is 0 Å². The summed E-state index contributed by atoms with van der Waals surface area (Å²) in [6, 6.07) is 25.6. The molecule has 1 aliphatic heterocycles. The van der Waals surface area contributed by atoms with Gasteiger partial charge in [0.25, 0.3) is 0 Å². The van der Waals surface area contributed by atoms with Crippen LogP contribution in [-0.2, 0) is 11.3 Å². The van der Waals surface area contributed by atoms with Gasteiger partial charge in [0.05, 0.1) is 27.4 Å². The van der Waals surface area contributed by atoms with Crippen LogP contribution in [0, 0.1) is 0 Å². The molecule has 4 aromatic carbocycles. The molecule has 210 valence electrons. The van der Waals surface area contributed by atoms with Gasteiger partial charge in [0.1, 0.15) is 12.3 Å². The highest BCUT2D eigenvalue weighted by Crippen LogP contribution is 2.42. The number of aromatic nitrogens is 1. The largest absolute Gasteiger partial charge is 0.506 e. The predicted octanol–water partition coefficient (Wildman–Crippen LogP) is 8.30. The Morgan fingerprint density at radius 1 is 0.810 bits per heavy atom. The fraction of sp³-hybridized carbons (Fsp3) is 0.263. The first-order valence-corrected chi connectivity index (χ1v) is 15.3. The molecule has 0 radical (unpaired) electrons. The van der Waals surface area contributed by atoms with E-state index in [0.717, 1.165) is 71.9 Å². The van der Waals surface area contributed by atoms with E-state index in [2.05, 4.69) is 95.8 Å². The smallest absolute Gasteiger partial charge is 0.217 e. The number of aliphatic hydroxyl groups excluding tert-OH is 1. The molecule has 0 saturated heterocycles. The zero-order chi connectivity index (χ0) is 29.1. The Morgan fingerprint density at radius 3 is 2.19 bits per heavy atom. The van der Waals surface area contributed by atoms with Gasteiger partial charge in [-0.3, -0.25) is 4.79 Å². The molecule has 0 fully saturated rings. The summed E-state index contributed by atoms with van der Waals surface area (Å²) >= 11 is 0. The standard InChI is InChI=1S/C38H36N2O2/c1-5-7-21-39-29-19-11-15-25-13-9-17-27(33(25)29)35(39)23(3)31-37(41)32(38(31)42)24(4)36-28-18-10-14-26-16-12-20-30(34(26)28)40(36)22-8-6-2/h9-20H,5-8,21-22H2,1-4H3/p+1. The molecule has 4 heteroatoms. The van der Waals surface area contributed by atoms with Crippen LogP contribution in [0.2, 0.25) is 0 Å². The van der Waals surface area contributed by atoms with E-state index >= 15 is 0 Å². The minimum absolute atomic E-state index is 0.0698. The number of aliphatic hydroxyl groups is 1. The van der Waals surface area contributed by atoms with Crippen molar-refractivity contribution in [2.45, 2.75) is 59.9 Å². The Morgan fingerprint density at radius 2 is 1.48 bits per heavy atom. The molecule has 0 atom stereocenters. The van der Waals surface area contributed by atoms with Crippen molar-refractivity contribution in [2.75, 3.05) is 6.54 Å².